The number of aromatic nitrogens is 2. The van der Waals surface area contributed by atoms with Gasteiger partial charge < -0.3 is 14.5 Å². The molecule has 6 nitrogen and oxygen atoms in total. The molecule has 1 spiro atoms. The van der Waals surface area contributed by atoms with E-state index >= 15 is 0 Å². The Balaban J connectivity index is 1.33. The molecule has 4 heterocycles. The molecule has 0 radical (unpaired) electrons. The molecule has 6 heteroatoms. The fourth-order valence-electron chi connectivity index (χ4n) is 5.26. The first-order valence-electron chi connectivity index (χ1n) is 10.6. The average Bonchev–Trinajstić information content (AvgIpc) is 3.20. The summed E-state index contributed by atoms with van der Waals surface area (Å²) >= 11 is 0. The number of likely N-dealkylation sites (N-methyl/N-ethyl adjacent to an activating group) is 1. The number of fused-ring (bicyclic) bond motifs is 3. The maximum absolute atomic E-state index is 5.80. The zero-order chi connectivity index (χ0) is 19.1. The number of hydrogen-bond acceptors (Lipinski definition) is 5. The Morgan fingerprint density at radius 3 is 2.61 bits per heavy atom. The molecule has 0 bridgehead atoms. The monoisotopic (exact) mass is 382 g/mol. The topological polar surface area (TPSA) is 53.6 Å². The summed E-state index contributed by atoms with van der Waals surface area (Å²) in [7, 11) is 0. The molecule has 0 unspecified atom stereocenters. The first-order chi connectivity index (χ1) is 13.7. The summed E-state index contributed by atoms with van der Waals surface area (Å²) in [5.41, 5.74) is 5.39. The van der Waals surface area contributed by atoms with Crippen LogP contribution in [0.5, 0.6) is 11.5 Å². The summed E-state index contributed by atoms with van der Waals surface area (Å²) in [6, 6.07) is 4.31. The average molecular weight is 383 g/mol. The van der Waals surface area contributed by atoms with Crippen LogP contribution in [0.15, 0.2) is 18.5 Å². The molecule has 0 aliphatic carbocycles. The second-order valence-corrected chi connectivity index (χ2v) is 8.29. The van der Waals surface area contributed by atoms with E-state index in [1.54, 1.807) is 0 Å². The molecule has 3 aliphatic rings. The third-order valence-electron chi connectivity index (χ3n) is 6.86. The number of piperidine rings is 1. The van der Waals surface area contributed by atoms with Crippen molar-refractivity contribution in [3.05, 3.63) is 41.0 Å². The number of ether oxygens (including phenoxy) is 2. The van der Waals surface area contributed by atoms with Crippen molar-refractivity contribution in [1.29, 1.82) is 0 Å². The van der Waals surface area contributed by atoms with E-state index in [9.17, 15) is 0 Å². The Morgan fingerprint density at radius 1 is 1.11 bits per heavy atom. The van der Waals surface area contributed by atoms with Gasteiger partial charge in [-0.1, -0.05) is 6.92 Å². The van der Waals surface area contributed by atoms with Gasteiger partial charge in [0, 0.05) is 38.3 Å². The molecule has 1 aromatic carbocycles. The van der Waals surface area contributed by atoms with Crippen LogP contribution in [0.2, 0.25) is 0 Å². The summed E-state index contributed by atoms with van der Waals surface area (Å²) < 4.78 is 11.5. The standard InChI is InChI=1S/C22H30N4O2/c1-3-26-7-4-18-21(24-15-23-18)22(26)5-8-25(9-6-22)14-17-13-20-19(12-16(17)2)27-10-11-28-20/h12-13,15H,3-11,14H2,1-2H3,(H,23,24). The first-order valence-corrected chi connectivity index (χ1v) is 10.6. The van der Waals surface area contributed by atoms with Crippen LogP contribution < -0.4 is 9.47 Å². The van der Waals surface area contributed by atoms with Crippen molar-refractivity contribution in [2.45, 2.75) is 45.2 Å². The molecule has 0 saturated carbocycles. The zero-order valence-corrected chi connectivity index (χ0v) is 17.0. The Morgan fingerprint density at radius 2 is 1.86 bits per heavy atom. The summed E-state index contributed by atoms with van der Waals surface area (Å²) in [5.74, 6) is 1.78. The van der Waals surface area contributed by atoms with Crippen molar-refractivity contribution in [2.75, 3.05) is 39.4 Å². The summed E-state index contributed by atoms with van der Waals surface area (Å²) in [6.07, 6.45) is 5.26. The molecular formula is C22H30N4O2. The molecule has 1 saturated heterocycles. The maximum Gasteiger partial charge on any atom is 0.161 e. The van der Waals surface area contributed by atoms with Gasteiger partial charge in [-0.2, -0.15) is 0 Å². The molecule has 0 amide bonds. The summed E-state index contributed by atoms with van der Waals surface area (Å²) in [4.78, 5) is 13.4. The number of imidazole rings is 1. The second-order valence-electron chi connectivity index (χ2n) is 8.29. The van der Waals surface area contributed by atoms with Crippen molar-refractivity contribution in [3.63, 3.8) is 0 Å². The lowest BCUT2D eigenvalue weighted by molar-refractivity contribution is 0.00702. The van der Waals surface area contributed by atoms with Gasteiger partial charge in [-0.05, 0) is 49.6 Å². The number of nitrogens with zero attached hydrogens (tertiary/aromatic N) is 3. The van der Waals surface area contributed by atoms with E-state index in [-0.39, 0.29) is 5.54 Å². The van der Waals surface area contributed by atoms with E-state index in [4.69, 9.17) is 14.5 Å². The zero-order valence-electron chi connectivity index (χ0n) is 17.0. The van der Waals surface area contributed by atoms with Gasteiger partial charge in [0.1, 0.15) is 13.2 Å². The van der Waals surface area contributed by atoms with Crippen LogP contribution in [0, 0.1) is 6.92 Å². The number of nitrogens with one attached hydrogen (secondary N) is 1. The Kier molecular flexibility index (Phi) is 4.56. The lowest BCUT2D eigenvalue weighted by atomic mass is 9.78. The SMILES string of the molecule is CCN1CCc2[nH]cnc2C12CCN(Cc1cc3c(cc1C)OCCO3)CC2. The highest BCUT2D eigenvalue weighted by Gasteiger charge is 2.45. The highest BCUT2D eigenvalue weighted by molar-refractivity contribution is 5.47. The van der Waals surface area contributed by atoms with E-state index in [2.05, 4.69) is 40.8 Å². The van der Waals surface area contributed by atoms with Crippen LogP contribution in [0.4, 0.5) is 0 Å². The Bertz CT molecular complexity index is 854. The van der Waals surface area contributed by atoms with Crippen molar-refractivity contribution in [1.82, 2.24) is 19.8 Å². The Labute approximate surface area is 166 Å². The Hall–Kier alpha value is -2.05. The molecule has 150 valence electrons. The number of benzene rings is 1. The number of aryl methyl sites for hydroxylation is 1. The molecule has 28 heavy (non-hydrogen) atoms. The number of rotatable bonds is 3. The smallest absolute Gasteiger partial charge is 0.161 e. The van der Waals surface area contributed by atoms with Gasteiger partial charge in [-0.3, -0.25) is 9.80 Å². The van der Waals surface area contributed by atoms with E-state index in [0.29, 0.717) is 13.2 Å². The number of aromatic amines is 1. The molecule has 1 aromatic heterocycles. The number of hydrogen-bond donors (Lipinski definition) is 1. The van der Waals surface area contributed by atoms with E-state index in [1.807, 2.05) is 6.33 Å². The second kappa shape index (κ2) is 7.08. The van der Waals surface area contributed by atoms with Gasteiger partial charge in [0.15, 0.2) is 11.5 Å². The van der Waals surface area contributed by atoms with E-state index in [0.717, 1.165) is 63.5 Å². The molecule has 5 rings (SSSR count). The van der Waals surface area contributed by atoms with Gasteiger partial charge in [-0.15, -0.1) is 0 Å². The van der Waals surface area contributed by atoms with Crippen LogP contribution in [-0.4, -0.2) is 59.2 Å². The highest BCUT2D eigenvalue weighted by atomic mass is 16.6. The van der Waals surface area contributed by atoms with Crippen LogP contribution in [0.25, 0.3) is 0 Å². The third-order valence-corrected chi connectivity index (χ3v) is 6.86. The lowest BCUT2D eigenvalue weighted by Gasteiger charge is -2.50. The molecule has 2 aromatic rings. The van der Waals surface area contributed by atoms with Crippen LogP contribution in [0.1, 0.15) is 42.3 Å². The first kappa shape index (κ1) is 18.0. The number of likely N-dealkylation sites (tertiary alicyclic amines) is 1. The van der Waals surface area contributed by atoms with Crippen LogP contribution >= 0.6 is 0 Å². The quantitative estimate of drug-likeness (QED) is 0.885. The van der Waals surface area contributed by atoms with E-state index < -0.39 is 0 Å². The normalized spacial score (nSPS) is 21.6. The fourth-order valence-corrected chi connectivity index (χ4v) is 5.26. The summed E-state index contributed by atoms with van der Waals surface area (Å²) in [5, 5.41) is 0. The van der Waals surface area contributed by atoms with Crippen molar-refractivity contribution >= 4 is 0 Å². The van der Waals surface area contributed by atoms with Gasteiger partial charge in [0.25, 0.3) is 0 Å². The van der Waals surface area contributed by atoms with Crippen molar-refractivity contribution in [2.24, 2.45) is 0 Å². The fraction of sp³-hybridized carbons (Fsp3) is 0.591. The predicted molar refractivity (Wildman–Crippen MR) is 108 cm³/mol. The molecular weight excluding hydrogens is 352 g/mol. The minimum atomic E-state index is 0.112. The summed E-state index contributed by atoms with van der Waals surface area (Å²) in [6.45, 7) is 11.1. The van der Waals surface area contributed by atoms with Crippen molar-refractivity contribution in [3.8, 4) is 11.5 Å². The van der Waals surface area contributed by atoms with Crippen LogP contribution in [0.3, 0.4) is 0 Å². The highest BCUT2D eigenvalue weighted by Crippen LogP contribution is 2.42. The molecule has 1 N–H and O–H groups in total. The lowest BCUT2D eigenvalue weighted by Crippen LogP contribution is -2.56. The maximum atomic E-state index is 5.80. The van der Waals surface area contributed by atoms with Gasteiger partial charge in [0.2, 0.25) is 0 Å². The minimum Gasteiger partial charge on any atom is -0.486 e. The predicted octanol–water partition coefficient (Wildman–Crippen LogP) is 2.86. The van der Waals surface area contributed by atoms with Crippen molar-refractivity contribution < 1.29 is 9.47 Å². The van der Waals surface area contributed by atoms with Crippen LogP contribution in [-0.2, 0) is 18.5 Å². The number of H-pyrrole nitrogens is 1. The van der Waals surface area contributed by atoms with Gasteiger partial charge >= 0.3 is 0 Å². The minimum absolute atomic E-state index is 0.112. The largest absolute Gasteiger partial charge is 0.486 e. The molecule has 0 atom stereocenters. The van der Waals surface area contributed by atoms with E-state index in [1.165, 1.54) is 22.5 Å². The van der Waals surface area contributed by atoms with Gasteiger partial charge in [-0.25, -0.2) is 4.98 Å². The third kappa shape index (κ3) is 2.90. The molecule has 3 aliphatic heterocycles. The van der Waals surface area contributed by atoms with Gasteiger partial charge in [0.05, 0.1) is 17.6 Å². The molecule has 1 fully saturated rings.